The Kier molecular flexibility index (Phi) is 2.92. The van der Waals surface area contributed by atoms with Crippen LogP contribution in [0.5, 0.6) is 0 Å². The average Bonchev–Trinajstić information content (AvgIpc) is 1.89. The van der Waals surface area contributed by atoms with Gasteiger partial charge in [0.1, 0.15) is 0 Å². The Balaban J connectivity index is 2.32. The summed E-state index contributed by atoms with van der Waals surface area (Å²) in [4.78, 5) is 0. The zero-order valence-corrected chi connectivity index (χ0v) is 7.94. The first-order valence-corrected chi connectivity index (χ1v) is 5.52. The molecule has 58 valence electrons. The first-order chi connectivity index (χ1) is 4.77. The maximum absolute atomic E-state index is 5.70. The predicted molar refractivity (Wildman–Crippen MR) is 44.2 cm³/mol. The molecule has 1 aliphatic rings. The SMILES string of the molecule is C[Si]OC1(C)CCCCC1. The minimum Gasteiger partial charge on any atom is -0.413 e. The van der Waals surface area contributed by atoms with Gasteiger partial charge in [-0.1, -0.05) is 19.3 Å². The monoisotopic (exact) mass is 156 g/mol. The summed E-state index contributed by atoms with van der Waals surface area (Å²) < 4.78 is 5.70. The van der Waals surface area contributed by atoms with Crippen LogP contribution in [0.3, 0.4) is 0 Å². The number of rotatable bonds is 2. The van der Waals surface area contributed by atoms with Crippen LogP contribution < -0.4 is 0 Å². The van der Waals surface area contributed by atoms with Crippen LogP contribution in [0.1, 0.15) is 39.0 Å². The van der Waals surface area contributed by atoms with E-state index in [1.54, 1.807) is 0 Å². The average molecular weight is 156 g/mol. The summed E-state index contributed by atoms with van der Waals surface area (Å²) in [6.07, 6.45) is 6.68. The summed E-state index contributed by atoms with van der Waals surface area (Å²) in [6.45, 7) is 4.36. The van der Waals surface area contributed by atoms with Crippen LogP contribution in [0.25, 0.3) is 0 Å². The van der Waals surface area contributed by atoms with Crippen molar-refractivity contribution in [3.8, 4) is 0 Å². The summed E-state index contributed by atoms with van der Waals surface area (Å²) in [7, 11) is 0.660. The van der Waals surface area contributed by atoms with Gasteiger partial charge in [0, 0.05) is 0 Å². The molecule has 1 saturated carbocycles. The molecule has 0 aliphatic heterocycles. The third kappa shape index (κ3) is 2.10. The van der Waals surface area contributed by atoms with E-state index in [2.05, 4.69) is 13.5 Å². The topological polar surface area (TPSA) is 9.23 Å². The van der Waals surface area contributed by atoms with E-state index >= 15 is 0 Å². The Morgan fingerprint density at radius 1 is 1.20 bits per heavy atom. The quantitative estimate of drug-likeness (QED) is 0.558. The summed E-state index contributed by atoms with van der Waals surface area (Å²) in [5.41, 5.74) is 0.242. The third-order valence-electron chi connectivity index (χ3n) is 2.26. The zero-order chi connectivity index (χ0) is 7.45. The molecule has 0 bridgehead atoms. The molecule has 0 aromatic carbocycles. The lowest BCUT2D eigenvalue weighted by Gasteiger charge is -2.33. The summed E-state index contributed by atoms with van der Waals surface area (Å²) in [5.74, 6) is 0. The molecular weight excluding hydrogens is 140 g/mol. The fourth-order valence-electron chi connectivity index (χ4n) is 1.65. The van der Waals surface area contributed by atoms with Crippen LogP contribution in [0.2, 0.25) is 6.55 Å². The zero-order valence-electron chi connectivity index (χ0n) is 6.94. The highest BCUT2D eigenvalue weighted by atomic mass is 28.2. The first kappa shape index (κ1) is 8.28. The molecule has 0 N–H and O–H groups in total. The van der Waals surface area contributed by atoms with Crippen LogP contribution in [0.4, 0.5) is 0 Å². The standard InChI is InChI=1S/C8H16OSi/c1-8(9-10-2)6-4-3-5-7-8/h3-7H2,1-2H3. The normalized spacial score (nSPS) is 24.6. The second-order valence-corrected chi connectivity index (χ2v) is 3.93. The maximum atomic E-state index is 5.70. The molecule has 2 heteroatoms. The van der Waals surface area contributed by atoms with Crippen molar-refractivity contribution in [2.45, 2.75) is 51.2 Å². The molecule has 0 saturated heterocycles. The van der Waals surface area contributed by atoms with Gasteiger partial charge in [0.2, 0.25) is 9.76 Å². The van der Waals surface area contributed by atoms with Gasteiger partial charge in [-0.15, -0.1) is 0 Å². The fourth-order valence-corrected chi connectivity index (χ4v) is 2.35. The Hall–Kier alpha value is 0.177. The highest BCUT2D eigenvalue weighted by molar-refractivity contribution is 6.25. The van der Waals surface area contributed by atoms with Gasteiger partial charge in [-0.05, 0) is 26.3 Å². The van der Waals surface area contributed by atoms with Crippen LogP contribution in [-0.2, 0) is 4.43 Å². The van der Waals surface area contributed by atoms with Gasteiger partial charge < -0.3 is 4.43 Å². The van der Waals surface area contributed by atoms with Crippen LogP contribution in [-0.4, -0.2) is 15.4 Å². The highest BCUT2D eigenvalue weighted by Gasteiger charge is 2.26. The van der Waals surface area contributed by atoms with Crippen LogP contribution in [0, 0.1) is 0 Å². The van der Waals surface area contributed by atoms with Gasteiger partial charge in [0.05, 0.1) is 5.60 Å². The lowest BCUT2D eigenvalue weighted by atomic mass is 9.87. The van der Waals surface area contributed by atoms with Gasteiger partial charge in [0.15, 0.2) is 0 Å². The highest BCUT2D eigenvalue weighted by Crippen LogP contribution is 2.30. The van der Waals surface area contributed by atoms with Crippen molar-refractivity contribution in [1.29, 1.82) is 0 Å². The van der Waals surface area contributed by atoms with Gasteiger partial charge in [-0.25, -0.2) is 0 Å². The van der Waals surface area contributed by atoms with Gasteiger partial charge in [0.25, 0.3) is 0 Å². The smallest absolute Gasteiger partial charge is 0.226 e. The Labute approximate surface area is 66.1 Å². The predicted octanol–water partition coefficient (Wildman–Crippen LogP) is 2.39. The molecule has 1 nitrogen and oxygen atoms in total. The van der Waals surface area contributed by atoms with Crippen molar-refractivity contribution in [2.24, 2.45) is 0 Å². The molecule has 1 fully saturated rings. The van der Waals surface area contributed by atoms with Crippen molar-refractivity contribution in [3.63, 3.8) is 0 Å². The Morgan fingerprint density at radius 2 is 1.80 bits per heavy atom. The van der Waals surface area contributed by atoms with Crippen molar-refractivity contribution >= 4 is 9.76 Å². The lowest BCUT2D eigenvalue weighted by Crippen LogP contribution is -2.31. The molecule has 1 aliphatic carbocycles. The lowest BCUT2D eigenvalue weighted by molar-refractivity contribution is 0.0535. The number of hydrogen-bond acceptors (Lipinski definition) is 1. The van der Waals surface area contributed by atoms with E-state index in [-0.39, 0.29) is 5.60 Å². The third-order valence-corrected chi connectivity index (χ3v) is 2.96. The molecule has 0 aromatic heterocycles. The minimum absolute atomic E-state index is 0.242. The van der Waals surface area contributed by atoms with E-state index in [1.165, 1.54) is 32.1 Å². The summed E-state index contributed by atoms with van der Waals surface area (Å²) >= 11 is 0. The molecule has 0 unspecified atom stereocenters. The molecule has 0 heterocycles. The van der Waals surface area contributed by atoms with Gasteiger partial charge in [-0.3, -0.25) is 0 Å². The maximum Gasteiger partial charge on any atom is 0.226 e. The van der Waals surface area contributed by atoms with E-state index in [0.717, 1.165) is 0 Å². The minimum atomic E-state index is 0.242. The molecule has 0 aromatic rings. The van der Waals surface area contributed by atoms with E-state index in [0.29, 0.717) is 9.76 Å². The van der Waals surface area contributed by atoms with Gasteiger partial charge >= 0.3 is 0 Å². The Morgan fingerprint density at radius 3 is 2.30 bits per heavy atom. The van der Waals surface area contributed by atoms with Crippen LogP contribution >= 0.6 is 0 Å². The molecular formula is C8H16OSi. The summed E-state index contributed by atoms with van der Waals surface area (Å²) in [6, 6.07) is 0. The van der Waals surface area contributed by atoms with Crippen molar-refractivity contribution in [2.75, 3.05) is 0 Å². The van der Waals surface area contributed by atoms with E-state index in [1.807, 2.05) is 0 Å². The largest absolute Gasteiger partial charge is 0.413 e. The molecule has 0 spiro atoms. The molecule has 1 rings (SSSR count). The molecule has 0 amide bonds. The number of hydrogen-bond donors (Lipinski definition) is 0. The summed E-state index contributed by atoms with van der Waals surface area (Å²) in [5, 5.41) is 0. The van der Waals surface area contributed by atoms with E-state index in [9.17, 15) is 0 Å². The van der Waals surface area contributed by atoms with Gasteiger partial charge in [-0.2, -0.15) is 0 Å². The Bertz CT molecular complexity index is 91.9. The van der Waals surface area contributed by atoms with Crippen molar-refractivity contribution in [1.82, 2.24) is 0 Å². The second kappa shape index (κ2) is 3.53. The molecule has 0 atom stereocenters. The van der Waals surface area contributed by atoms with Crippen LogP contribution in [0.15, 0.2) is 0 Å². The first-order valence-electron chi connectivity index (χ1n) is 4.12. The molecule has 2 radical (unpaired) electrons. The molecule has 10 heavy (non-hydrogen) atoms. The van der Waals surface area contributed by atoms with E-state index in [4.69, 9.17) is 4.43 Å². The van der Waals surface area contributed by atoms with Crippen molar-refractivity contribution < 1.29 is 4.43 Å². The van der Waals surface area contributed by atoms with Crippen molar-refractivity contribution in [3.05, 3.63) is 0 Å². The van der Waals surface area contributed by atoms with E-state index < -0.39 is 0 Å². The second-order valence-electron chi connectivity index (χ2n) is 3.32. The fraction of sp³-hybridized carbons (Fsp3) is 1.00.